The summed E-state index contributed by atoms with van der Waals surface area (Å²) in [6, 6.07) is 0. The van der Waals surface area contributed by atoms with E-state index < -0.39 is 0 Å². The van der Waals surface area contributed by atoms with Gasteiger partial charge in [-0.15, -0.1) is 0 Å². The Labute approximate surface area is 117 Å². The van der Waals surface area contributed by atoms with Gasteiger partial charge in [-0.1, -0.05) is 26.7 Å². The Morgan fingerprint density at radius 2 is 1.47 bits per heavy atom. The molecule has 0 radical (unpaired) electrons. The number of hydrogen-bond acceptors (Lipinski definition) is 5. The molecule has 116 valence electrons. The van der Waals surface area contributed by atoms with E-state index in [0.717, 1.165) is 32.3 Å². The normalized spacial score (nSPS) is 12.8. The largest absolute Gasteiger partial charge is 0.394 e. The molecule has 1 unspecified atom stereocenters. The molecule has 0 fully saturated rings. The molecule has 0 rings (SSSR count). The molecular formula is C14H30O5. The Balaban J connectivity index is 3.58. The summed E-state index contributed by atoms with van der Waals surface area (Å²) in [6.07, 6.45) is 3.94. The molecule has 5 heteroatoms. The van der Waals surface area contributed by atoms with E-state index in [4.69, 9.17) is 24.1 Å². The van der Waals surface area contributed by atoms with Gasteiger partial charge in [-0.05, 0) is 12.8 Å². The fourth-order valence-electron chi connectivity index (χ4n) is 1.33. The number of aliphatic hydroxyl groups is 1. The molecule has 0 bridgehead atoms. The molecule has 19 heavy (non-hydrogen) atoms. The zero-order valence-electron chi connectivity index (χ0n) is 12.4. The summed E-state index contributed by atoms with van der Waals surface area (Å²) in [5.41, 5.74) is 0. The zero-order valence-corrected chi connectivity index (χ0v) is 12.4. The molecule has 0 saturated carbocycles. The number of aliphatic hydroxyl groups excluding tert-OH is 1. The van der Waals surface area contributed by atoms with Gasteiger partial charge < -0.3 is 24.1 Å². The van der Waals surface area contributed by atoms with Crippen LogP contribution in [0.25, 0.3) is 0 Å². The molecule has 1 atom stereocenters. The second kappa shape index (κ2) is 15.9. The molecule has 0 heterocycles. The van der Waals surface area contributed by atoms with Crippen LogP contribution < -0.4 is 0 Å². The van der Waals surface area contributed by atoms with Gasteiger partial charge in [0.25, 0.3) is 0 Å². The predicted octanol–water partition coefficient (Wildman–Crippen LogP) is 1.97. The summed E-state index contributed by atoms with van der Waals surface area (Å²) < 4.78 is 21.8. The molecule has 5 nitrogen and oxygen atoms in total. The standard InChI is InChI=1S/C14H30O5/c1-3-5-8-16-11-12-19-14(13-17-10-7-15)18-9-6-4-2/h14-15H,3-13H2,1-2H3. The molecule has 0 aromatic heterocycles. The van der Waals surface area contributed by atoms with Crippen molar-refractivity contribution in [1.82, 2.24) is 0 Å². The maximum Gasteiger partial charge on any atom is 0.180 e. The van der Waals surface area contributed by atoms with Crippen LogP contribution in [-0.2, 0) is 18.9 Å². The highest BCUT2D eigenvalue weighted by Gasteiger charge is 2.09. The molecule has 0 aliphatic heterocycles. The topological polar surface area (TPSA) is 57.2 Å². The van der Waals surface area contributed by atoms with Gasteiger partial charge in [0.05, 0.1) is 33.0 Å². The van der Waals surface area contributed by atoms with Gasteiger partial charge in [0, 0.05) is 13.2 Å². The molecule has 0 saturated heterocycles. The van der Waals surface area contributed by atoms with Crippen LogP contribution in [0.5, 0.6) is 0 Å². The summed E-state index contributed by atoms with van der Waals surface area (Å²) >= 11 is 0. The zero-order chi connectivity index (χ0) is 14.2. The average molecular weight is 278 g/mol. The smallest absolute Gasteiger partial charge is 0.180 e. The molecule has 0 amide bonds. The van der Waals surface area contributed by atoms with Crippen molar-refractivity contribution in [3.05, 3.63) is 0 Å². The predicted molar refractivity (Wildman–Crippen MR) is 74.2 cm³/mol. The summed E-state index contributed by atoms with van der Waals surface area (Å²) in [4.78, 5) is 0. The van der Waals surface area contributed by atoms with Crippen LogP contribution in [-0.4, -0.2) is 57.6 Å². The fourth-order valence-corrected chi connectivity index (χ4v) is 1.33. The van der Waals surface area contributed by atoms with Gasteiger partial charge >= 0.3 is 0 Å². The van der Waals surface area contributed by atoms with Crippen molar-refractivity contribution in [2.75, 3.05) is 46.2 Å². The van der Waals surface area contributed by atoms with Crippen molar-refractivity contribution in [1.29, 1.82) is 0 Å². The third-order valence-electron chi connectivity index (χ3n) is 2.46. The van der Waals surface area contributed by atoms with Crippen LogP contribution >= 0.6 is 0 Å². The third-order valence-corrected chi connectivity index (χ3v) is 2.46. The Morgan fingerprint density at radius 3 is 2.16 bits per heavy atom. The van der Waals surface area contributed by atoms with Crippen LogP contribution in [0.15, 0.2) is 0 Å². The van der Waals surface area contributed by atoms with Gasteiger partial charge in [-0.3, -0.25) is 0 Å². The third kappa shape index (κ3) is 14.0. The van der Waals surface area contributed by atoms with Gasteiger partial charge in [0.15, 0.2) is 6.29 Å². The average Bonchev–Trinajstić information content (AvgIpc) is 2.42. The van der Waals surface area contributed by atoms with Crippen molar-refractivity contribution in [2.24, 2.45) is 0 Å². The van der Waals surface area contributed by atoms with E-state index in [1.54, 1.807) is 0 Å². The first kappa shape index (κ1) is 18.8. The van der Waals surface area contributed by atoms with Crippen molar-refractivity contribution in [3.63, 3.8) is 0 Å². The van der Waals surface area contributed by atoms with Crippen LogP contribution in [0.2, 0.25) is 0 Å². The minimum absolute atomic E-state index is 0.0157. The lowest BCUT2D eigenvalue weighted by atomic mass is 10.4. The van der Waals surface area contributed by atoms with E-state index >= 15 is 0 Å². The molecule has 0 aromatic carbocycles. The minimum Gasteiger partial charge on any atom is -0.394 e. The maximum absolute atomic E-state index is 8.66. The van der Waals surface area contributed by atoms with E-state index in [1.165, 1.54) is 0 Å². The highest BCUT2D eigenvalue weighted by Crippen LogP contribution is 2.00. The lowest BCUT2D eigenvalue weighted by molar-refractivity contribution is -0.179. The Kier molecular flexibility index (Phi) is 15.7. The van der Waals surface area contributed by atoms with E-state index in [9.17, 15) is 0 Å². The lowest BCUT2D eigenvalue weighted by Crippen LogP contribution is -2.26. The molecule has 0 aliphatic carbocycles. The molecule has 0 aliphatic rings. The van der Waals surface area contributed by atoms with Gasteiger partial charge in [-0.25, -0.2) is 0 Å². The molecule has 0 spiro atoms. The maximum atomic E-state index is 8.66. The highest BCUT2D eigenvalue weighted by molar-refractivity contribution is 4.45. The van der Waals surface area contributed by atoms with Crippen molar-refractivity contribution >= 4 is 0 Å². The lowest BCUT2D eigenvalue weighted by Gasteiger charge is -2.18. The molecule has 0 aromatic rings. The SMILES string of the molecule is CCCCOCCOC(COCCO)OCCCC. The Morgan fingerprint density at radius 1 is 0.789 bits per heavy atom. The van der Waals surface area contributed by atoms with Gasteiger partial charge in [0.1, 0.15) is 0 Å². The summed E-state index contributed by atoms with van der Waals surface area (Å²) in [5.74, 6) is 0. The monoisotopic (exact) mass is 278 g/mol. The quantitative estimate of drug-likeness (QED) is 0.366. The highest BCUT2D eigenvalue weighted by atomic mass is 16.7. The second-order valence-electron chi connectivity index (χ2n) is 4.29. The summed E-state index contributed by atoms with van der Waals surface area (Å²) in [6.45, 7) is 7.45. The van der Waals surface area contributed by atoms with Crippen molar-refractivity contribution in [3.8, 4) is 0 Å². The fraction of sp³-hybridized carbons (Fsp3) is 1.00. The summed E-state index contributed by atoms with van der Waals surface area (Å²) in [5, 5.41) is 8.66. The number of unbranched alkanes of at least 4 members (excludes halogenated alkanes) is 2. The van der Waals surface area contributed by atoms with E-state index in [0.29, 0.717) is 33.0 Å². The first-order valence-corrected chi connectivity index (χ1v) is 7.34. The number of rotatable bonds is 15. The molecular weight excluding hydrogens is 248 g/mol. The van der Waals surface area contributed by atoms with Gasteiger partial charge in [0.2, 0.25) is 0 Å². The first-order chi connectivity index (χ1) is 9.35. The number of hydrogen-bond donors (Lipinski definition) is 1. The van der Waals surface area contributed by atoms with E-state index in [2.05, 4.69) is 13.8 Å². The van der Waals surface area contributed by atoms with E-state index in [-0.39, 0.29) is 12.9 Å². The van der Waals surface area contributed by atoms with Crippen molar-refractivity contribution < 1.29 is 24.1 Å². The van der Waals surface area contributed by atoms with Crippen LogP contribution in [0.3, 0.4) is 0 Å². The van der Waals surface area contributed by atoms with Crippen molar-refractivity contribution in [2.45, 2.75) is 45.8 Å². The number of ether oxygens (including phenoxy) is 4. The van der Waals surface area contributed by atoms with Crippen LogP contribution in [0.4, 0.5) is 0 Å². The minimum atomic E-state index is -0.368. The Hall–Kier alpha value is -0.200. The molecule has 1 N–H and O–H groups in total. The van der Waals surface area contributed by atoms with Gasteiger partial charge in [-0.2, -0.15) is 0 Å². The second-order valence-corrected chi connectivity index (χ2v) is 4.29. The first-order valence-electron chi connectivity index (χ1n) is 7.34. The Bertz CT molecular complexity index is 156. The summed E-state index contributed by atoms with van der Waals surface area (Å²) in [7, 11) is 0. The van der Waals surface area contributed by atoms with E-state index in [1.807, 2.05) is 0 Å². The van der Waals surface area contributed by atoms with Crippen LogP contribution in [0.1, 0.15) is 39.5 Å². The van der Waals surface area contributed by atoms with Crippen LogP contribution in [0, 0.1) is 0 Å².